The monoisotopic (exact) mass is 276 g/mol. The first kappa shape index (κ1) is 14.4. The van der Waals surface area contributed by atoms with Gasteiger partial charge in [0, 0.05) is 17.4 Å². The van der Waals surface area contributed by atoms with Gasteiger partial charge >= 0.3 is 5.97 Å². The number of rotatable bonds is 5. The van der Waals surface area contributed by atoms with Crippen LogP contribution < -0.4 is 4.74 Å². The number of hydrogen-bond donors (Lipinski definition) is 0. The van der Waals surface area contributed by atoms with Gasteiger partial charge in [-0.05, 0) is 31.5 Å². The van der Waals surface area contributed by atoms with Gasteiger partial charge in [0.05, 0.1) is 20.1 Å². The molecule has 1 unspecified atom stereocenters. The van der Waals surface area contributed by atoms with Gasteiger partial charge in [0.25, 0.3) is 0 Å². The van der Waals surface area contributed by atoms with Gasteiger partial charge < -0.3 is 13.9 Å². The van der Waals surface area contributed by atoms with Gasteiger partial charge in [0.2, 0.25) is 0 Å². The number of furan rings is 1. The highest BCUT2D eigenvalue weighted by Crippen LogP contribution is 2.33. The molecule has 0 saturated carbocycles. The van der Waals surface area contributed by atoms with Crippen molar-refractivity contribution in [3.63, 3.8) is 0 Å². The average Bonchev–Trinajstić information content (AvgIpc) is 2.75. The van der Waals surface area contributed by atoms with E-state index in [0.717, 1.165) is 28.0 Å². The molecule has 4 heteroatoms. The van der Waals surface area contributed by atoms with Crippen LogP contribution in [-0.2, 0) is 9.53 Å². The lowest BCUT2D eigenvalue weighted by Crippen LogP contribution is -2.08. The first-order chi connectivity index (χ1) is 9.56. The van der Waals surface area contributed by atoms with E-state index in [1.165, 1.54) is 0 Å². The van der Waals surface area contributed by atoms with Crippen molar-refractivity contribution in [2.75, 3.05) is 13.7 Å². The third-order valence-corrected chi connectivity index (χ3v) is 3.41. The van der Waals surface area contributed by atoms with Gasteiger partial charge in [-0.2, -0.15) is 0 Å². The molecular formula is C16H20O4. The van der Waals surface area contributed by atoms with Crippen molar-refractivity contribution < 1.29 is 18.7 Å². The maximum absolute atomic E-state index is 11.6. The van der Waals surface area contributed by atoms with Crippen molar-refractivity contribution in [1.82, 2.24) is 0 Å². The molecule has 0 saturated heterocycles. The lowest BCUT2D eigenvalue weighted by atomic mass is 10.0. The van der Waals surface area contributed by atoms with Crippen LogP contribution >= 0.6 is 0 Å². The molecule has 4 nitrogen and oxygen atoms in total. The van der Waals surface area contributed by atoms with Gasteiger partial charge in [-0.15, -0.1) is 0 Å². The van der Waals surface area contributed by atoms with E-state index in [1.54, 1.807) is 14.0 Å². The summed E-state index contributed by atoms with van der Waals surface area (Å²) in [5.41, 5.74) is 1.85. The molecule has 0 N–H and O–H groups in total. The maximum Gasteiger partial charge on any atom is 0.306 e. The van der Waals surface area contributed by atoms with Crippen LogP contribution in [0.2, 0.25) is 0 Å². The Morgan fingerprint density at radius 2 is 2.15 bits per heavy atom. The number of aryl methyl sites for hydroxylation is 1. The average molecular weight is 276 g/mol. The number of methoxy groups -OCH3 is 1. The van der Waals surface area contributed by atoms with Crippen LogP contribution in [0.4, 0.5) is 0 Å². The zero-order valence-corrected chi connectivity index (χ0v) is 12.4. The summed E-state index contributed by atoms with van der Waals surface area (Å²) >= 11 is 0. The Morgan fingerprint density at radius 1 is 1.40 bits per heavy atom. The normalized spacial score (nSPS) is 12.4. The Bertz CT molecular complexity index is 612. The lowest BCUT2D eigenvalue weighted by Gasteiger charge is -2.08. The van der Waals surface area contributed by atoms with Crippen molar-refractivity contribution in [2.45, 2.75) is 33.1 Å². The molecule has 1 aromatic carbocycles. The van der Waals surface area contributed by atoms with Crippen molar-refractivity contribution in [1.29, 1.82) is 0 Å². The van der Waals surface area contributed by atoms with Crippen molar-refractivity contribution >= 4 is 16.9 Å². The quantitative estimate of drug-likeness (QED) is 0.779. The molecule has 0 aliphatic carbocycles. The molecule has 0 amide bonds. The highest BCUT2D eigenvalue weighted by molar-refractivity contribution is 5.83. The van der Waals surface area contributed by atoms with Gasteiger partial charge in [-0.3, -0.25) is 4.79 Å². The summed E-state index contributed by atoms with van der Waals surface area (Å²) in [6.07, 6.45) is 0.325. The van der Waals surface area contributed by atoms with Gasteiger partial charge in [0.1, 0.15) is 17.1 Å². The van der Waals surface area contributed by atoms with E-state index >= 15 is 0 Å². The summed E-state index contributed by atoms with van der Waals surface area (Å²) in [6, 6.07) is 5.75. The van der Waals surface area contributed by atoms with Crippen LogP contribution in [0.1, 0.15) is 37.5 Å². The van der Waals surface area contributed by atoms with Crippen LogP contribution in [0.5, 0.6) is 5.75 Å². The van der Waals surface area contributed by atoms with Gasteiger partial charge in [-0.25, -0.2) is 0 Å². The second-order valence-electron chi connectivity index (χ2n) is 4.86. The molecule has 2 rings (SSSR count). The summed E-state index contributed by atoms with van der Waals surface area (Å²) in [5.74, 6) is 1.39. The largest absolute Gasteiger partial charge is 0.497 e. The topological polar surface area (TPSA) is 48.7 Å². The highest BCUT2D eigenvalue weighted by Gasteiger charge is 2.20. The molecule has 1 heterocycles. The third kappa shape index (κ3) is 2.79. The van der Waals surface area contributed by atoms with Crippen LogP contribution in [0, 0.1) is 6.92 Å². The SMILES string of the molecule is CCOC(=O)CC(C)c1oc2cc(OC)ccc2c1C. The molecule has 20 heavy (non-hydrogen) atoms. The molecule has 0 bridgehead atoms. The summed E-state index contributed by atoms with van der Waals surface area (Å²) in [7, 11) is 1.63. The Hall–Kier alpha value is -1.97. The summed E-state index contributed by atoms with van der Waals surface area (Å²) in [5, 5.41) is 1.05. The first-order valence-corrected chi connectivity index (χ1v) is 6.79. The second-order valence-corrected chi connectivity index (χ2v) is 4.86. The minimum absolute atomic E-state index is 0.00700. The van der Waals surface area contributed by atoms with Crippen LogP contribution in [0.25, 0.3) is 11.0 Å². The number of carbonyl (C=O) groups is 1. The van der Waals surface area contributed by atoms with Crippen molar-refractivity contribution in [3.05, 3.63) is 29.5 Å². The predicted octanol–water partition coefficient (Wildman–Crippen LogP) is 3.81. The molecule has 0 fully saturated rings. The molecule has 0 aliphatic heterocycles. The Labute approximate surface area is 118 Å². The van der Waals surface area contributed by atoms with E-state index in [4.69, 9.17) is 13.9 Å². The fraction of sp³-hybridized carbons (Fsp3) is 0.438. The van der Waals surface area contributed by atoms with Crippen molar-refractivity contribution in [3.8, 4) is 5.75 Å². The van der Waals surface area contributed by atoms with Crippen LogP contribution in [0.15, 0.2) is 22.6 Å². The summed E-state index contributed by atoms with van der Waals surface area (Å²) in [4.78, 5) is 11.6. The lowest BCUT2D eigenvalue weighted by molar-refractivity contribution is -0.143. The van der Waals surface area contributed by atoms with Gasteiger partial charge in [-0.1, -0.05) is 6.92 Å². The molecule has 0 spiro atoms. The van der Waals surface area contributed by atoms with E-state index in [-0.39, 0.29) is 11.9 Å². The molecule has 2 aromatic rings. The number of carbonyl (C=O) groups excluding carboxylic acids is 1. The summed E-state index contributed by atoms with van der Waals surface area (Å²) < 4.78 is 16.1. The van der Waals surface area contributed by atoms with E-state index in [2.05, 4.69) is 0 Å². The Morgan fingerprint density at radius 3 is 2.80 bits per heavy atom. The maximum atomic E-state index is 11.6. The first-order valence-electron chi connectivity index (χ1n) is 6.79. The predicted molar refractivity (Wildman–Crippen MR) is 77.2 cm³/mol. The molecular weight excluding hydrogens is 256 g/mol. The van der Waals surface area contributed by atoms with E-state index in [1.807, 2.05) is 32.0 Å². The zero-order chi connectivity index (χ0) is 14.7. The van der Waals surface area contributed by atoms with E-state index < -0.39 is 0 Å². The molecule has 0 aliphatic rings. The van der Waals surface area contributed by atoms with E-state index in [9.17, 15) is 4.79 Å². The van der Waals surface area contributed by atoms with E-state index in [0.29, 0.717) is 13.0 Å². The minimum Gasteiger partial charge on any atom is -0.497 e. The van der Waals surface area contributed by atoms with Crippen molar-refractivity contribution in [2.24, 2.45) is 0 Å². The standard InChI is InChI=1S/C16H20O4/c1-5-19-15(17)8-10(2)16-11(3)13-7-6-12(18-4)9-14(13)20-16/h6-7,9-10H,5,8H2,1-4H3. The highest BCUT2D eigenvalue weighted by atomic mass is 16.5. The number of hydrogen-bond acceptors (Lipinski definition) is 4. The zero-order valence-electron chi connectivity index (χ0n) is 12.4. The Balaban J connectivity index is 2.29. The smallest absolute Gasteiger partial charge is 0.306 e. The van der Waals surface area contributed by atoms with Crippen LogP contribution in [-0.4, -0.2) is 19.7 Å². The number of fused-ring (bicyclic) bond motifs is 1. The fourth-order valence-electron chi connectivity index (χ4n) is 2.38. The third-order valence-electron chi connectivity index (χ3n) is 3.41. The number of esters is 1. The summed E-state index contributed by atoms with van der Waals surface area (Å²) in [6.45, 7) is 6.19. The number of benzene rings is 1. The second kappa shape index (κ2) is 5.99. The minimum atomic E-state index is -0.197. The Kier molecular flexibility index (Phi) is 4.32. The molecule has 1 aromatic heterocycles. The number of ether oxygens (including phenoxy) is 2. The molecule has 1 atom stereocenters. The van der Waals surface area contributed by atoms with Gasteiger partial charge in [0.15, 0.2) is 0 Å². The molecule has 0 radical (unpaired) electrons. The van der Waals surface area contributed by atoms with Crippen LogP contribution in [0.3, 0.4) is 0 Å². The molecule has 108 valence electrons. The fourth-order valence-corrected chi connectivity index (χ4v) is 2.38.